The molecule has 28 heavy (non-hydrogen) atoms. The molecule has 5 atom stereocenters. The second kappa shape index (κ2) is 8.52. The number of amides is 3. The number of urea groups is 1. The van der Waals surface area contributed by atoms with Crippen LogP contribution in [-0.2, 0) is 4.79 Å². The molecule has 6 nitrogen and oxygen atoms in total. The maximum absolute atomic E-state index is 13.2. The van der Waals surface area contributed by atoms with Crippen LogP contribution in [0, 0.1) is 12.8 Å². The van der Waals surface area contributed by atoms with E-state index < -0.39 is 0 Å². The lowest BCUT2D eigenvalue weighted by atomic mass is 9.75. The van der Waals surface area contributed by atoms with Gasteiger partial charge in [-0.15, -0.1) is 0 Å². The van der Waals surface area contributed by atoms with Crippen molar-refractivity contribution in [2.45, 2.75) is 71.0 Å². The fraction of sp³-hybridized carbons (Fsp3) is 0.636. The number of hydrogen-bond acceptors (Lipinski definition) is 3. The topological polar surface area (TPSA) is 73.5 Å². The molecular weight excluding hydrogens is 352 g/mol. The number of nitrogens with zero attached hydrogens (tertiary/aromatic N) is 1. The highest BCUT2D eigenvalue weighted by molar-refractivity contribution is 5.90. The van der Waals surface area contributed by atoms with Crippen LogP contribution >= 0.6 is 0 Å². The zero-order chi connectivity index (χ0) is 20.4. The van der Waals surface area contributed by atoms with E-state index in [1.807, 2.05) is 50.9 Å². The Morgan fingerprint density at radius 2 is 2.11 bits per heavy atom. The molecule has 0 aromatic heterocycles. The molecule has 0 bridgehead atoms. The molecule has 3 rings (SSSR count). The fourth-order valence-electron chi connectivity index (χ4n) is 4.50. The molecule has 5 unspecified atom stereocenters. The molecule has 2 heterocycles. The Kier molecular flexibility index (Phi) is 6.28. The van der Waals surface area contributed by atoms with Crippen LogP contribution in [0.25, 0.3) is 0 Å². The van der Waals surface area contributed by atoms with E-state index in [9.17, 15) is 9.59 Å². The van der Waals surface area contributed by atoms with Gasteiger partial charge in [0, 0.05) is 37.4 Å². The number of carbonyl (C=O) groups excluding carboxylic acids is 2. The van der Waals surface area contributed by atoms with E-state index in [2.05, 4.69) is 22.9 Å². The van der Waals surface area contributed by atoms with Crippen LogP contribution in [0.15, 0.2) is 18.2 Å². The first-order valence-electron chi connectivity index (χ1n) is 10.5. The van der Waals surface area contributed by atoms with Gasteiger partial charge in [-0.2, -0.15) is 0 Å². The van der Waals surface area contributed by atoms with Crippen LogP contribution < -0.4 is 16.0 Å². The van der Waals surface area contributed by atoms with E-state index >= 15 is 0 Å². The first-order valence-corrected chi connectivity index (χ1v) is 10.5. The minimum atomic E-state index is -0.207. The minimum absolute atomic E-state index is 0.122. The Bertz CT molecular complexity index is 735. The summed E-state index contributed by atoms with van der Waals surface area (Å²) >= 11 is 0. The van der Waals surface area contributed by atoms with Gasteiger partial charge in [0.1, 0.15) is 0 Å². The van der Waals surface area contributed by atoms with Crippen molar-refractivity contribution < 1.29 is 9.59 Å². The lowest BCUT2D eigenvalue weighted by Crippen LogP contribution is -2.57. The number of aryl methyl sites for hydroxylation is 1. The van der Waals surface area contributed by atoms with Crippen molar-refractivity contribution in [1.82, 2.24) is 15.5 Å². The number of benzene rings is 1. The van der Waals surface area contributed by atoms with E-state index in [1.54, 1.807) is 0 Å². The van der Waals surface area contributed by atoms with Crippen molar-refractivity contribution >= 4 is 17.6 Å². The number of piperidine rings is 2. The number of anilines is 1. The van der Waals surface area contributed by atoms with Gasteiger partial charge in [0.25, 0.3) is 0 Å². The number of likely N-dealkylation sites (N-methyl/N-ethyl adjacent to an activating group) is 1. The molecule has 0 aliphatic carbocycles. The SMILES string of the molecule is CCC(C)NC(=O)Nc1ccc(C)c(C2CC3CNC(C)CC3N(C)C2=O)c1. The van der Waals surface area contributed by atoms with Gasteiger partial charge >= 0.3 is 6.03 Å². The highest BCUT2D eigenvalue weighted by Crippen LogP contribution is 2.39. The molecule has 1 aromatic carbocycles. The molecule has 3 amide bonds. The molecule has 2 aliphatic rings. The second-order valence-electron chi connectivity index (χ2n) is 8.59. The minimum Gasteiger partial charge on any atom is -0.342 e. The lowest BCUT2D eigenvalue weighted by molar-refractivity contribution is -0.140. The van der Waals surface area contributed by atoms with Crippen molar-refractivity contribution in [3.63, 3.8) is 0 Å². The summed E-state index contributed by atoms with van der Waals surface area (Å²) < 4.78 is 0. The number of rotatable bonds is 4. The summed E-state index contributed by atoms with van der Waals surface area (Å²) in [5.74, 6) is 0.508. The number of hydrogen-bond donors (Lipinski definition) is 3. The van der Waals surface area contributed by atoms with Crippen molar-refractivity contribution in [1.29, 1.82) is 0 Å². The molecule has 154 valence electrons. The summed E-state index contributed by atoms with van der Waals surface area (Å²) in [6.07, 6.45) is 2.75. The number of fused-ring (bicyclic) bond motifs is 1. The molecular formula is C22H34N4O2. The molecule has 2 aliphatic heterocycles. The van der Waals surface area contributed by atoms with E-state index in [1.165, 1.54) is 0 Å². The van der Waals surface area contributed by atoms with Gasteiger partial charge in [0.2, 0.25) is 5.91 Å². The number of carbonyl (C=O) groups is 2. The Labute approximate surface area is 168 Å². The quantitative estimate of drug-likeness (QED) is 0.744. The Hall–Kier alpha value is -2.08. The van der Waals surface area contributed by atoms with Crippen molar-refractivity contribution in [2.24, 2.45) is 5.92 Å². The van der Waals surface area contributed by atoms with Gasteiger partial charge in [-0.05, 0) is 69.2 Å². The number of likely N-dealkylation sites (tertiary alicyclic amines) is 1. The third kappa shape index (κ3) is 4.32. The Morgan fingerprint density at radius 1 is 1.36 bits per heavy atom. The van der Waals surface area contributed by atoms with Crippen LogP contribution in [-0.4, -0.2) is 48.6 Å². The van der Waals surface area contributed by atoms with Gasteiger partial charge in [-0.25, -0.2) is 4.79 Å². The Morgan fingerprint density at radius 3 is 2.82 bits per heavy atom. The molecule has 0 radical (unpaired) electrons. The summed E-state index contributed by atoms with van der Waals surface area (Å²) in [4.78, 5) is 27.3. The summed E-state index contributed by atoms with van der Waals surface area (Å²) in [6, 6.07) is 6.56. The van der Waals surface area contributed by atoms with E-state index in [0.29, 0.717) is 18.0 Å². The van der Waals surface area contributed by atoms with Gasteiger partial charge in [-0.1, -0.05) is 13.0 Å². The van der Waals surface area contributed by atoms with Crippen molar-refractivity contribution in [3.8, 4) is 0 Å². The first-order chi connectivity index (χ1) is 13.3. The fourth-order valence-corrected chi connectivity index (χ4v) is 4.50. The van der Waals surface area contributed by atoms with Crippen LogP contribution in [0.2, 0.25) is 0 Å². The van der Waals surface area contributed by atoms with Crippen molar-refractivity contribution in [3.05, 3.63) is 29.3 Å². The average molecular weight is 387 g/mol. The predicted molar refractivity (Wildman–Crippen MR) is 113 cm³/mol. The lowest BCUT2D eigenvalue weighted by Gasteiger charge is -2.47. The largest absolute Gasteiger partial charge is 0.342 e. The molecule has 1 aromatic rings. The summed E-state index contributed by atoms with van der Waals surface area (Å²) in [5.41, 5.74) is 2.85. The standard InChI is InChI=1S/C22H34N4O2/c1-6-14(3)24-22(28)25-17-8-7-13(2)18(11-17)19-10-16-12-23-15(4)9-20(16)26(5)21(19)27/h7-8,11,14-16,19-20,23H,6,9-10,12H2,1-5H3,(H2,24,25,28). The zero-order valence-electron chi connectivity index (χ0n) is 17.7. The van der Waals surface area contributed by atoms with Crippen molar-refractivity contribution in [2.75, 3.05) is 18.9 Å². The molecule has 2 fully saturated rings. The second-order valence-corrected chi connectivity index (χ2v) is 8.59. The normalized spacial score (nSPS) is 28.5. The maximum atomic E-state index is 13.2. The summed E-state index contributed by atoms with van der Waals surface area (Å²) in [6.45, 7) is 9.19. The number of nitrogens with one attached hydrogen (secondary N) is 3. The van der Waals surface area contributed by atoms with Gasteiger partial charge < -0.3 is 20.9 Å². The van der Waals surface area contributed by atoms with E-state index in [4.69, 9.17) is 0 Å². The monoisotopic (exact) mass is 386 g/mol. The predicted octanol–water partition coefficient (Wildman–Crippen LogP) is 3.23. The molecule has 3 N–H and O–H groups in total. The van der Waals surface area contributed by atoms with E-state index in [0.717, 1.165) is 42.6 Å². The average Bonchev–Trinajstić information content (AvgIpc) is 2.66. The van der Waals surface area contributed by atoms with Crippen LogP contribution in [0.4, 0.5) is 10.5 Å². The van der Waals surface area contributed by atoms with Crippen LogP contribution in [0.1, 0.15) is 57.1 Å². The van der Waals surface area contributed by atoms with Gasteiger partial charge in [0.05, 0.1) is 5.92 Å². The van der Waals surface area contributed by atoms with Gasteiger partial charge in [0.15, 0.2) is 0 Å². The Balaban J connectivity index is 1.79. The highest BCUT2D eigenvalue weighted by atomic mass is 16.2. The maximum Gasteiger partial charge on any atom is 0.319 e. The van der Waals surface area contributed by atoms with Crippen LogP contribution in [0.3, 0.4) is 0 Å². The smallest absolute Gasteiger partial charge is 0.319 e. The summed E-state index contributed by atoms with van der Waals surface area (Å²) in [5, 5.41) is 9.39. The third-order valence-corrected chi connectivity index (χ3v) is 6.45. The molecule has 6 heteroatoms. The first kappa shape index (κ1) is 20.6. The third-order valence-electron chi connectivity index (χ3n) is 6.45. The summed E-state index contributed by atoms with van der Waals surface area (Å²) in [7, 11) is 1.95. The van der Waals surface area contributed by atoms with Gasteiger partial charge in [-0.3, -0.25) is 4.79 Å². The van der Waals surface area contributed by atoms with Crippen LogP contribution in [0.5, 0.6) is 0 Å². The molecule has 0 saturated carbocycles. The highest BCUT2D eigenvalue weighted by Gasteiger charge is 2.43. The molecule has 2 saturated heterocycles. The van der Waals surface area contributed by atoms with E-state index in [-0.39, 0.29) is 23.9 Å². The molecule has 0 spiro atoms. The zero-order valence-corrected chi connectivity index (χ0v) is 17.7.